The van der Waals surface area contributed by atoms with Crippen LogP contribution in [0.3, 0.4) is 0 Å². The van der Waals surface area contributed by atoms with Gasteiger partial charge in [0, 0.05) is 36.5 Å². The zero-order chi connectivity index (χ0) is 20.8. The molecular formula is C22H18N6O2. The molecule has 0 saturated heterocycles. The monoisotopic (exact) mass is 398 g/mol. The third-order valence-corrected chi connectivity index (χ3v) is 4.52. The molecule has 1 aromatic carbocycles. The quantitative estimate of drug-likeness (QED) is 0.379. The lowest BCUT2D eigenvalue weighted by Gasteiger charge is -2.23. The summed E-state index contributed by atoms with van der Waals surface area (Å²) < 4.78 is 0. The lowest BCUT2D eigenvalue weighted by molar-refractivity contribution is 0.0706. The van der Waals surface area contributed by atoms with Crippen LogP contribution in [0.5, 0.6) is 0 Å². The predicted octanol–water partition coefficient (Wildman–Crippen LogP) is 3.39. The second-order valence-electron chi connectivity index (χ2n) is 6.43. The smallest absolute Gasteiger partial charge is 0.274 e. The minimum Gasteiger partial charge on any atom is -0.305 e. The van der Waals surface area contributed by atoms with Gasteiger partial charge in [-0.3, -0.25) is 20.0 Å². The van der Waals surface area contributed by atoms with E-state index in [-0.39, 0.29) is 0 Å². The van der Waals surface area contributed by atoms with Crippen molar-refractivity contribution in [3.63, 3.8) is 0 Å². The van der Waals surface area contributed by atoms with Crippen LogP contribution in [0.15, 0.2) is 85.7 Å². The molecule has 0 unspecified atom stereocenters. The lowest BCUT2D eigenvalue weighted by Crippen LogP contribution is -2.20. The number of hydroxylamine groups is 1. The second kappa shape index (κ2) is 8.89. The van der Waals surface area contributed by atoms with E-state index >= 15 is 0 Å². The Balaban J connectivity index is 1.69. The van der Waals surface area contributed by atoms with Gasteiger partial charge >= 0.3 is 0 Å². The molecule has 0 aliphatic carbocycles. The molecule has 8 heteroatoms. The number of carbonyl (C=O) groups excluding carboxylic acids is 1. The van der Waals surface area contributed by atoms with Gasteiger partial charge in [0.1, 0.15) is 5.82 Å². The molecule has 30 heavy (non-hydrogen) atoms. The lowest BCUT2D eigenvalue weighted by atomic mass is 10.1. The molecule has 0 bridgehead atoms. The molecule has 0 atom stereocenters. The molecule has 4 rings (SSSR count). The van der Waals surface area contributed by atoms with Crippen LogP contribution in [0.25, 0.3) is 11.1 Å². The fourth-order valence-corrected chi connectivity index (χ4v) is 3.01. The van der Waals surface area contributed by atoms with E-state index in [4.69, 9.17) is 5.21 Å². The Bertz CT molecular complexity index is 1120. The molecule has 0 aliphatic rings. The highest BCUT2D eigenvalue weighted by atomic mass is 16.5. The van der Waals surface area contributed by atoms with Crippen molar-refractivity contribution in [1.29, 1.82) is 0 Å². The fourth-order valence-electron chi connectivity index (χ4n) is 3.01. The third kappa shape index (κ3) is 4.29. The average molecular weight is 398 g/mol. The maximum absolute atomic E-state index is 11.6. The van der Waals surface area contributed by atoms with Crippen molar-refractivity contribution in [2.24, 2.45) is 0 Å². The normalized spacial score (nSPS) is 10.4. The number of pyridine rings is 2. The van der Waals surface area contributed by atoms with Crippen LogP contribution in [0.4, 0.5) is 11.6 Å². The zero-order valence-electron chi connectivity index (χ0n) is 15.9. The van der Waals surface area contributed by atoms with Crippen LogP contribution in [-0.4, -0.2) is 31.1 Å². The van der Waals surface area contributed by atoms with Gasteiger partial charge in [-0.05, 0) is 53.1 Å². The second-order valence-corrected chi connectivity index (χ2v) is 6.43. The highest BCUT2D eigenvalue weighted by Crippen LogP contribution is 2.27. The first kappa shape index (κ1) is 19.2. The molecule has 3 aromatic heterocycles. The largest absolute Gasteiger partial charge is 0.305 e. The fraction of sp³-hybridized carbons (Fsp3) is 0.0455. The van der Waals surface area contributed by atoms with Gasteiger partial charge in [-0.1, -0.05) is 12.1 Å². The molecular weight excluding hydrogens is 380 g/mol. The summed E-state index contributed by atoms with van der Waals surface area (Å²) in [6.07, 6.45) is 10.2. The molecule has 148 valence electrons. The van der Waals surface area contributed by atoms with Gasteiger partial charge in [-0.15, -0.1) is 0 Å². The van der Waals surface area contributed by atoms with Crippen molar-refractivity contribution in [1.82, 2.24) is 25.4 Å². The summed E-state index contributed by atoms with van der Waals surface area (Å²) >= 11 is 0. The maximum Gasteiger partial charge on any atom is 0.274 e. The Morgan fingerprint density at radius 2 is 1.57 bits per heavy atom. The summed E-state index contributed by atoms with van der Waals surface area (Å²) in [5, 5.41) is 8.79. The number of carbonyl (C=O) groups is 1. The number of aromatic nitrogens is 4. The molecule has 4 aromatic rings. The summed E-state index contributed by atoms with van der Waals surface area (Å²) in [7, 11) is 0. The number of hydrogen-bond acceptors (Lipinski definition) is 7. The predicted molar refractivity (Wildman–Crippen MR) is 111 cm³/mol. The van der Waals surface area contributed by atoms with Crippen LogP contribution < -0.4 is 10.4 Å². The molecule has 0 spiro atoms. The molecule has 0 fully saturated rings. The van der Waals surface area contributed by atoms with E-state index in [2.05, 4.69) is 19.9 Å². The van der Waals surface area contributed by atoms with Crippen LogP contribution in [0, 0.1) is 0 Å². The van der Waals surface area contributed by atoms with E-state index in [0.717, 1.165) is 16.7 Å². The maximum atomic E-state index is 11.6. The summed E-state index contributed by atoms with van der Waals surface area (Å²) in [5.74, 6) is 0.801. The molecule has 0 aliphatic heterocycles. The zero-order valence-corrected chi connectivity index (χ0v) is 15.9. The van der Waals surface area contributed by atoms with Crippen molar-refractivity contribution < 1.29 is 10.0 Å². The number of amides is 1. The van der Waals surface area contributed by atoms with Gasteiger partial charge in [0.05, 0.1) is 12.7 Å². The minimum atomic E-state index is -0.556. The number of anilines is 2. The van der Waals surface area contributed by atoms with Gasteiger partial charge < -0.3 is 4.90 Å². The van der Waals surface area contributed by atoms with Gasteiger partial charge in [0.25, 0.3) is 5.91 Å². The van der Waals surface area contributed by atoms with E-state index in [1.807, 2.05) is 41.3 Å². The SMILES string of the molecule is O=C(NO)c1ccc(CN(c2cnccn2)c2cc(-c3ccncc3)ccn2)cc1. The minimum absolute atomic E-state index is 0.366. The first-order valence-corrected chi connectivity index (χ1v) is 9.18. The third-order valence-electron chi connectivity index (χ3n) is 4.52. The number of nitrogens with one attached hydrogen (secondary N) is 1. The molecule has 8 nitrogen and oxygen atoms in total. The standard InChI is InChI=1S/C22H18N6O2/c29-22(27-30)18-3-1-16(2-4-18)15-28(21-14-24-11-12-26-21)20-13-19(7-10-25-20)17-5-8-23-9-6-17/h1-14,30H,15H2,(H,27,29). The van der Waals surface area contributed by atoms with E-state index in [1.54, 1.807) is 54.8 Å². The van der Waals surface area contributed by atoms with E-state index < -0.39 is 5.91 Å². The molecule has 0 saturated carbocycles. The topological polar surface area (TPSA) is 104 Å². The van der Waals surface area contributed by atoms with E-state index in [1.165, 1.54) is 0 Å². The highest BCUT2D eigenvalue weighted by Gasteiger charge is 2.15. The van der Waals surface area contributed by atoms with Crippen LogP contribution in [0.2, 0.25) is 0 Å². The van der Waals surface area contributed by atoms with E-state index in [0.29, 0.717) is 23.7 Å². The van der Waals surface area contributed by atoms with Crippen molar-refractivity contribution >= 4 is 17.5 Å². The van der Waals surface area contributed by atoms with Gasteiger partial charge in [0.15, 0.2) is 5.82 Å². The van der Waals surface area contributed by atoms with Crippen molar-refractivity contribution in [3.8, 4) is 11.1 Å². The van der Waals surface area contributed by atoms with Crippen LogP contribution >= 0.6 is 0 Å². The summed E-state index contributed by atoms with van der Waals surface area (Å²) in [6.45, 7) is 0.465. The van der Waals surface area contributed by atoms with Crippen LogP contribution in [-0.2, 0) is 6.54 Å². The van der Waals surface area contributed by atoms with Gasteiger partial charge in [-0.2, -0.15) is 0 Å². The van der Waals surface area contributed by atoms with Crippen molar-refractivity contribution in [2.45, 2.75) is 6.54 Å². The summed E-state index contributed by atoms with van der Waals surface area (Å²) in [4.78, 5) is 30.7. The Morgan fingerprint density at radius 1 is 0.833 bits per heavy atom. The Morgan fingerprint density at radius 3 is 2.27 bits per heavy atom. The number of nitrogens with zero attached hydrogens (tertiary/aromatic N) is 5. The summed E-state index contributed by atoms with van der Waals surface area (Å²) in [5.41, 5.74) is 4.98. The van der Waals surface area contributed by atoms with Crippen molar-refractivity contribution in [3.05, 3.63) is 96.8 Å². The Labute approximate surface area is 172 Å². The van der Waals surface area contributed by atoms with E-state index in [9.17, 15) is 4.79 Å². The average Bonchev–Trinajstić information content (AvgIpc) is 2.83. The molecule has 3 heterocycles. The molecule has 2 N–H and O–H groups in total. The molecule has 0 radical (unpaired) electrons. The number of benzene rings is 1. The van der Waals surface area contributed by atoms with Gasteiger partial charge in [-0.25, -0.2) is 15.4 Å². The Hall–Kier alpha value is -4.17. The van der Waals surface area contributed by atoms with Crippen molar-refractivity contribution in [2.75, 3.05) is 4.90 Å². The highest BCUT2D eigenvalue weighted by molar-refractivity contribution is 5.93. The van der Waals surface area contributed by atoms with Gasteiger partial charge in [0.2, 0.25) is 0 Å². The Kier molecular flexibility index (Phi) is 5.68. The molecule has 1 amide bonds. The number of hydrogen-bond donors (Lipinski definition) is 2. The van der Waals surface area contributed by atoms with Crippen LogP contribution in [0.1, 0.15) is 15.9 Å². The first-order chi connectivity index (χ1) is 14.7. The summed E-state index contributed by atoms with van der Waals surface area (Å²) in [6, 6.07) is 14.7. The first-order valence-electron chi connectivity index (χ1n) is 9.18. The number of rotatable bonds is 6.